The Balaban J connectivity index is 1.24. The third-order valence-electron chi connectivity index (χ3n) is 18.8. The van der Waals surface area contributed by atoms with Crippen molar-refractivity contribution in [2.75, 3.05) is 14.7 Å². The van der Waals surface area contributed by atoms with Crippen LogP contribution in [0.15, 0.2) is 109 Å². The molecular formula is C62H70BN3. The number of rotatable bonds is 3. The van der Waals surface area contributed by atoms with E-state index in [-0.39, 0.29) is 39.5 Å². The van der Waals surface area contributed by atoms with Crippen LogP contribution in [-0.2, 0) is 21.7 Å². The lowest BCUT2D eigenvalue weighted by Gasteiger charge is -2.54. The van der Waals surface area contributed by atoms with Crippen molar-refractivity contribution in [3.63, 3.8) is 0 Å². The molecule has 66 heavy (non-hydrogen) atoms. The zero-order chi connectivity index (χ0) is 46.1. The van der Waals surface area contributed by atoms with Crippen LogP contribution < -0.4 is 31.1 Å². The molecule has 6 aromatic carbocycles. The molecule has 4 heterocycles. The van der Waals surface area contributed by atoms with Crippen molar-refractivity contribution in [3.05, 3.63) is 143 Å². The molecule has 0 spiro atoms. The number of fused-ring (bicyclic) bond motifs is 10. The summed E-state index contributed by atoms with van der Waals surface area (Å²) >= 11 is 0. The third-order valence-corrected chi connectivity index (χ3v) is 18.8. The molecule has 12 rings (SSSR count). The lowest BCUT2D eigenvalue weighted by atomic mass is 9.33. The van der Waals surface area contributed by atoms with Gasteiger partial charge in [0.25, 0.3) is 6.71 Å². The molecule has 2 saturated carbocycles. The molecular weight excluding hydrogens is 798 g/mol. The minimum atomic E-state index is -0.0845. The molecule has 2 fully saturated rings. The first-order chi connectivity index (χ1) is 31.3. The molecule has 0 radical (unpaired) electrons. The smallest absolute Gasteiger partial charge is 0.252 e. The molecule has 4 unspecified atom stereocenters. The van der Waals surface area contributed by atoms with E-state index < -0.39 is 0 Å². The zero-order valence-electron chi connectivity index (χ0n) is 42.0. The Kier molecular flexibility index (Phi) is 8.75. The molecule has 4 atom stereocenters. The standard InChI is InChI=1S/C62H70BN3/c1-39-33-40(2)54-51(34-39)65(62(12)32-19-17-30-60(54,62)10)44-37-52-55-53(38-44)66-56-46(59(9)29-16-18-31-61(59,66)11)23-20-24-48(56)63(55)47-27-25-43(58(6,7)8)36-50(47)64(52)49-28-26-42(57(3,4)5)35-45(49)41-21-14-13-15-22-41/h13-15,20-28,33-38H,16-19,29-32H2,1-12H3. The Labute approximate surface area is 396 Å². The molecule has 6 aliphatic rings. The Morgan fingerprint density at radius 1 is 0.515 bits per heavy atom. The third kappa shape index (κ3) is 5.39. The quantitative estimate of drug-likeness (QED) is 0.164. The van der Waals surface area contributed by atoms with Gasteiger partial charge in [0, 0.05) is 50.5 Å². The van der Waals surface area contributed by atoms with Crippen molar-refractivity contribution >= 4 is 62.9 Å². The minimum absolute atomic E-state index is 0.00773. The van der Waals surface area contributed by atoms with Crippen molar-refractivity contribution in [3.8, 4) is 11.1 Å². The van der Waals surface area contributed by atoms with Gasteiger partial charge in [-0.3, -0.25) is 0 Å². The maximum Gasteiger partial charge on any atom is 0.252 e. The predicted octanol–water partition coefficient (Wildman–Crippen LogP) is 14.7. The molecule has 4 aliphatic heterocycles. The van der Waals surface area contributed by atoms with E-state index in [1.54, 1.807) is 11.1 Å². The van der Waals surface area contributed by atoms with Gasteiger partial charge in [-0.05, 0) is 156 Å². The van der Waals surface area contributed by atoms with E-state index in [4.69, 9.17) is 0 Å². The summed E-state index contributed by atoms with van der Waals surface area (Å²) in [5.74, 6) is 0. The molecule has 3 nitrogen and oxygen atoms in total. The number of hydrogen-bond donors (Lipinski definition) is 0. The molecule has 336 valence electrons. The van der Waals surface area contributed by atoms with Gasteiger partial charge in [0.1, 0.15) is 0 Å². The van der Waals surface area contributed by atoms with Crippen LogP contribution in [-0.4, -0.2) is 17.8 Å². The van der Waals surface area contributed by atoms with Crippen LogP contribution in [0.3, 0.4) is 0 Å². The second-order valence-corrected chi connectivity index (χ2v) is 24.6. The van der Waals surface area contributed by atoms with Crippen molar-refractivity contribution in [2.24, 2.45) is 0 Å². The van der Waals surface area contributed by atoms with E-state index in [0.717, 1.165) is 0 Å². The van der Waals surface area contributed by atoms with Crippen LogP contribution in [0, 0.1) is 13.8 Å². The van der Waals surface area contributed by atoms with E-state index in [1.165, 1.54) is 141 Å². The van der Waals surface area contributed by atoms with Gasteiger partial charge in [-0.25, -0.2) is 0 Å². The van der Waals surface area contributed by atoms with Gasteiger partial charge < -0.3 is 14.7 Å². The molecule has 0 bridgehead atoms. The maximum atomic E-state index is 2.93. The van der Waals surface area contributed by atoms with E-state index in [9.17, 15) is 0 Å². The molecule has 0 aromatic heterocycles. The molecule has 6 aromatic rings. The Morgan fingerprint density at radius 3 is 1.86 bits per heavy atom. The summed E-state index contributed by atoms with van der Waals surface area (Å²) in [6.45, 7) is 29.5. The van der Waals surface area contributed by atoms with E-state index >= 15 is 0 Å². The fraction of sp³-hybridized carbons (Fsp3) is 0.419. The van der Waals surface area contributed by atoms with Crippen molar-refractivity contribution in [1.82, 2.24) is 0 Å². The Hall–Kier alpha value is -5.22. The highest BCUT2D eigenvalue weighted by Crippen LogP contribution is 2.65. The first-order valence-electron chi connectivity index (χ1n) is 25.5. The second kappa shape index (κ2) is 13.7. The van der Waals surface area contributed by atoms with Crippen molar-refractivity contribution < 1.29 is 0 Å². The van der Waals surface area contributed by atoms with Crippen LogP contribution >= 0.6 is 0 Å². The van der Waals surface area contributed by atoms with Crippen LogP contribution in [0.1, 0.15) is 154 Å². The minimum Gasteiger partial charge on any atom is -0.335 e. The van der Waals surface area contributed by atoms with E-state index in [0.29, 0.717) is 0 Å². The molecule has 0 N–H and O–H groups in total. The molecule has 2 aliphatic carbocycles. The summed E-state index contributed by atoms with van der Waals surface area (Å²) in [5, 5.41) is 0. The molecule has 0 saturated heterocycles. The average molecular weight is 868 g/mol. The van der Waals surface area contributed by atoms with Crippen LogP contribution in [0.25, 0.3) is 11.1 Å². The summed E-state index contributed by atoms with van der Waals surface area (Å²) in [6, 6.07) is 44.0. The number of nitrogens with zero attached hydrogens (tertiary/aromatic N) is 3. The van der Waals surface area contributed by atoms with Crippen molar-refractivity contribution in [1.29, 1.82) is 0 Å². The van der Waals surface area contributed by atoms with Crippen LogP contribution in [0.4, 0.5) is 39.8 Å². The first-order valence-corrected chi connectivity index (χ1v) is 25.5. The topological polar surface area (TPSA) is 9.72 Å². The number of para-hydroxylation sites is 1. The lowest BCUT2D eigenvalue weighted by Crippen LogP contribution is -2.64. The summed E-state index contributed by atoms with van der Waals surface area (Å²) in [5.41, 5.74) is 25.0. The summed E-state index contributed by atoms with van der Waals surface area (Å²) in [4.78, 5) is 8.56. The van der Waals surface area contributed by atoms with E-state index in [1.807, 2.05) is 0 Å². The Morgan fingerprint density at radius 2 is 1.15 bits per heavy atom. The van der Waals surface area contributed by atoms with Gasteiger partial charge in [-0.15, -0.1) is 0 Å². The average Bonchev–Trinajstić information content (AvgIpc) is 3.62. The maximum absolute atomic E-state index is 2.93. The summed E-state index contributed by atoms with van der Waals surface area (Å²) in [7, 11) is 0. The van der Waals surface area contributed by atoms with Gasteiger partial charge in [0.05, 0.1) is 16.8 Å². The van der Waals surface area contributed by atoms with Crippen LogP contribution in [0.2, 0.25) is 0 Å². The lowest BCUT2D eigenvalue weighted by molar-refractivity contribution is 0.193. The largest absolute Gasteiger partial charge is 0.335 e. The van der Waals surface area contributed by atoms with Gasteiger partial charge in [-0.1, -0.05) is 154 Å². The number of anilines is 7. The normalized spacial score (nSPS) is 25.8. The van der Waals surface area contributed by atoms with Gasteiger partial charge >= 0.3 is 0 Å². The SMILES string of the molecule is Cc1cc(C)c2c(c1)N(c1cc3c4c(c1)N1c5c(cccc5C5(C)CCCCC15C)B4c1ccc(C(C)(C)C)cc1N3c1ccc(C(C)(C)C)cc1-c1ccccc1)C1(C)CCCCC21C. The highest BCUT2D eigenvalue weighted by atomic mass is 15.3. The highest BCUT2D eigenvalue weighted by molar-refractivity contribution is 7.00. The van der Waals surface area contributed by atoms with E-state index in [2.05, 4.69) is 207 Å². The number of benzene rings is 6. The molecule has 4 heteroatoms. The monoisotopic (exact) mass is 868 g/mol. The fourth-order valence-corrected chi connectivity index (χ4v) is 14.9. The van der Waals surface area contributed by atoms with Crippen LogP contribution in [0.5, 0.6) is 0 Å². The second-order valence-electron chi connectivity index (χ2n) is 24.6. The zero-order valence-corrected chi connectivity index (χ0v) is 42.0. The van der Waals surface area contributed by atoms with Crippen molar-refractivity contribution in [2.45, 2.75) is 167 Å². The van der Waals surface area contributed by atoms with Gasteiger partial charge in [0.15, 0.2) is 0 Å². The first kappa shape index (κ1) is 42.2. The summed E-state index contributed by atoms with van der Waals surface area (Å²) < 4.78 is 0. The number of hydrogen-bond acceptors (Lipinski definition) is 3. The van der Waals surface area contributed by atoms with Gasteiger partial charge in [0.2, 0.25) is 0 Å². The van der Waals surface area contributed by atoms with Gasteiger partial charge in [-0.2, -0.15) is 0 Å². The summed E-state index contributed by atoms with van der Waals surface area (Å²) in [6.07, 6.45) is 9.86. The number of aryl methyl sites for hydroxylation is 2. The fourth-order valence-electron chi connectivity index (χ4n) is 14.9. The highest BCUT2D eigenvalue weighted by Gasteiger charge is 2.63. The predicted molar refractivity (Wildman–Crippen MR) is 284 cm³/mol. The Bertz CT molecular complexity index is 3020. The molecule has 0 amide bonds.